The van der Waals surface area contributed by atoms with E-state index in [1.54, 1.807) is 18.2 Å². The maximum absolute atomic E-state index is 6.06. The van der Waals surface area contributed by atoms with Crippen molar-refractivity contribution in [3.8, 4) is 0 Å². The minimum atomic E-state index is -1.36. The van der Waals surface area contributed by atoms with Gasteiger partial charge in [0, 0.05) is 5.69 Å². The van der Waals surface area contributed by atoms with E-state index in [1.807, 2.05) is 12.1 Å². The zero-order valence-electron chi connectivity index (χ0n) is 9.93. The van der Waals surface area contributed by atoms with Crippen molar-refractivity contribution in [1.29, 1.82) is 0 Å². The number of anilines is 1. The number of hydrogen-bond acceptors (Lipinski definition) is 6. The molecule has 0 radical (unpaired) electrons. The van der Waals surface area contributed by atoms with E-state index in [9.17, 15) is 0 Å². The predicted molar refractivity (Wildman–Crippen MR) is 73.3 cm³/mol. The van der Waals surface area contributed by atoms with Crippen LogP contribution in [-0.4, -0.2) is 11.7 Å². The van der Waals surface area contributed by atoms with Gasteiger partial charge in [0.25, 0.3) is 0 Å². The van der Waals surface area contributed by atoms with Crippen molar-refractivity contribution in [1.82, 2.24) is 0 Å². The first kappa shape index (κ1) is 12.4. The second-order valence-electron chi connectivity index (χ2n) is 4.50. The summed E-state index contributed by atoms with van der Waals surface area (Å²) in [5.41, 5.74) is 36.6. The van der Waals surface area contributed by atoms with E-state index < -0.39 is 11.7 Å². The molecule has 1 unspecified atom stereocenters. The summed E-state index contributed by atoms with van der Waals surface area (Å²) in [6.07, 6.45) is 1.69. The van der Waals surface area contributed by atoms with Crippen LogP contribution >= 0.6 is 0 Å². The lowest BCUT2D eigenvalue weighted by molar-refractivity contribution is 0.460. The molecule has 0 aromatic heterocycles. The Labute approximate surface area is 105 Å². The van der Waals surface area contributed by atoms with Gasteiger partial charge in [-0.1, -0.05) is 12.1 Å². The maximum Gasteiger partial charge on any atom is 0.126 e. The van der Waals surface area contributed by atoms with E-state index in [1.165, 1.54) is 0 Å². The molecule has 2 rings (SSSR count). The Morgan fingerprint density at radius 2 is 1.72 bits per heavy atom. The summed E-state index contributed by atoms with van der Waals surface area (Å²) < 4.78 is 0. The summed E-state index contributed by atoms with van der Waals surface area (Å²) in [6, 6.07) is 6.62. The van der Waals surface area contributed by atoms with Gasteiger partial charge in [-0.15, -0.1) is 0 Å². The second-order valence-corrected chi connectivity index (χ2v) is 4.50. The number of hydrogen-bond donors (Lipinski definition) is 6. The minimum absolute atomic E-state index is 0.197. The maximum atomic E-state index is 6.06. The van der Waals surface area contributed by atoms with Crippen LogP contribution in [0.4, 0.5) is 5.69 Å². The van der Waals surface area contributed by atoms with Crippen LogP contribution in [0.5, 0.6) is 0 Å². The fourth-order valence-corrected chi connectivity index (χ4v) is 1.99. The summed E-state index contributed by atoms with van der Waals surface area (Å²) >= 11 is 0. The molecule has 0 saturated heterocycles. The van der Waals surface area contributed by atoms with Crippen LogP contribution in [0.25, 0.3) is 5.57 Å². The van der Waals surface area contributed by atoms with Crippen LogP contribution in [0.3, 0.4) is 0 Å². The zero-order chi connectivity index (χ0) is 13.5. The SMILES string of the molecule is NC1=C(N)C(N)(N)C(N)C(c2cccc(N)c2)=C1. The average molecular weight is 246 g/mol. The number of rotatable bonds is 1. The summed E-state index contributed by atoms with van der Waals surface area (Å²) in [5.74, 6) is 0. The van der Waals surface area contributed by atoms with E-state index in [0.29, 0.717) is 11.4 Å². The van der Waals surface area contributed by atoms with E-state index in [2.05, 4.69) is 0 Å². The first-order chi connectivity index (χ1) is 8.34. The van der Waals surface area contributed by atoms with E-state index in [0.717, 1.165) is 11.1 Å². The Hall–Kier alpha value is -2.02. The van der Waals surface area contributed by atoms with Crippen molar-refractivity contribution in [2.24, 2.45) is 28.7 Å². The molecule has 6 heteroatoms. The van der Waals surface area contributed by atoms with Crippen molar-refractivity contribution in [3.63, 3.8) is 0 Å². The monoisotopic (exact) mass is 246 g/mol. The van der Waals surface area contributed by atoms with Gasteiger partial charge < -0.3 is 34.4 Å². The van der Waals surface area contributed by atoms with Gasteiger partial charge in [0.05, 0.1) is 17.4 Å². The lowest BCUT2D eigenvalue weighted by atomic mass is 9.83. The highest BCUT2D eigenvalue weighted by Crippen LogP contribution is 2.29. The summed E-state index contributed by atoms with van der Waals surface area (Å²) in [5, 5.41) is 0. The molecule has 0 spiro atoms. The Kier molecular flexibility index (Phi) is 2.78. The van der Waals surface area contributed by atoms with Gasteiger partial charge in [-0.3, -0.25) is 0 Å². The summed E-state index contributed by atoms with van der Waals surface area (Å²) in [6.45, 7) is 0. The van der Waals surface area contributed by atoms with Crippen LogP contribution in [0.15, 0.2) is 41.7 Å². The predicted octanol–water partition coefficient (Wildman–Crippen LogP) is -1.26. The van der Waals surface area contributed by atoms with Crippen LogP contribution in [0.1, 0.15) is 5.56 Å². The van der Waals surface area contributed by atoms with Gasteiger partial charge in [-0.05, 0) is 29.3 Å². The first-order valence-electron chi connectivity index (χ1n) is 5.50. The summed E-state index contributed by atoms with van der Waals surface area (Å²) in [4.78, 5) is 0. The molecule has 1 aliphatic carbocycles. The molecule has 96 valence electrons. The molecule has 18 heavy (non-hydrogen) atoms. The standard InChI is InChI=1S/C12H18N6/c13-7-3-1-2-6(4-7)8-5-9(14)11(16)12(17,18)10(8)15/h1-5,10H,13-18H2. The highest BCUT2D eigenvalue weighted by molar-refractivity contribution is 5.77. The second kappa shape index (κ2) is 4.02. The number of allylic oxidation sites excluding steroid dienone is 1. The third kappa shape index (κ3) is 1.82. The fourth-order valence-electron chi connectivity index (χ4n) is 1.99. The van der Waals surface area contributed by atoms with Crippen molar-refractivity contribution < 1.29 is 0 Å². The first-order valence-corrected chi connectivity index (χ1v) is 5.50. The highest BCUT2D eigenvalue weighted by Gasteiger charge is 2.38. The Morgan fingerprint density at radius 1 is 1.06 bits per heavy atom. The Morgan fingerprint density at radius 3 is 2.33 bits per heavy atom. The number of nitrogen functional groups attached to an aromatic ring is 1. The molecule has 6 nitrogen and oxygen atoms in total. The molecular formula is C12H18N6. The third-order valence-corrected chi connectivity index (χ3v) is 3.16. The number of benzene rings is 1. The average Bonchev–Trinajstić information content (AvgIpc) is 2.32. The Bertz CT molecular complexity index is 543. The molecule has 1 atom stereocenters. The smallest absolute Gasteiger partial charge is 0.126 e. The molecule has 0 heterocycles. The molecule has 12 N–H and O–H groups in total. The van der Waals surface area contributed by atoms with Crippen molar-refractivity contribution >= 4 is 11.3 Å². The van der Waals surface area contributed by atoms with Crippen LogP contribution < -0.4 is 34.4 Å². The topological polar surface area (TPSA) is 156 Å². The van der Waals surface area contributed by atoms with Gasteiger partial charge in [-0.25, -0.2) is 0 Å². The molecule has 0 saturated carbocycles. The van der Waals surface area contributed by atoms with Gasteiger partial charge >= 0.3 is 0 Å². The van der Waals surface area contributed by atoms with Gasteiger partial charge in [-0.2, -0.15) is 0 Å². The lowest BCUT2D eigenvalue weighted by Gasteiger charge is -2.37. The molecule has 0 aliphatic heterocycles. The highest BCUT2D eigenvalue weighted by atomic mass is 15.1. The van der Waals surface area contributed by atoms with E-state index >= 15 is 0 Å². The molecule has 1 aliphatic rings. The fraction of sp³-hybridized carbons (Fsp3) is 0.167. The zero-order valence-corrected chi connectivity index (χ0v) is 9.93. The normalized spacial score (nSPS) is 22.8. The van der Waals surface area contributed by atoms with Crippen LogP contribution in [0.2, 0.25) is 0 Å². The molecule has 0 bridgehead atoms. The van der Waals surface area contributed by atoms with Crippen LogP contribution in [-0.2, 0) is 0 Å². The molecule has 0 amide bonds. The van der Waals surface area contributed by atoms with Gasteiger partial charge in [0.15, 0.2) is 0 Å². The number of nitrogens with two attached hydrogens (primary N) is 6. The largest absolute Gasteiger partial charge is 0.399 e. The Balaban J connectivity index is 2.55. The molecule has 0 fully saturated rings. The molecule has 1 aromatic rings. The van der Waals surface area contributed by atoms with Crippen molar-refractivity contribution in [2.45, 2.75) is 11.7 Å². The van der Waals surface area contributed by atoms with E-state index in [-0.39, 0.29) is 5.70 Å². The summed E-state index contributed by atoms with van der Waals surface area (Å²) in [7, 11) is 0. The van der Waals surface area contributed by atoms with Crippen molar-refractivity contribution in [2.75, 3.05) is 5.73 Å². The van der Waals surface area contributed by atoms with Crippen molar-refractivity contribution in [3.05, 3.63) is 47.3 Å². The van der Waals surface area contributed by atoms with Gasteiger partial charge in [0.2, 0.25) is 0 Å². The van der Waals surface area contributed by atoms with Crippen LogP contribution in [0, 0.1) is 0 Å². The van der Waals surface area contributed by atoms with Gasteiger partial charge in [0.1, 0.15) is 5.66 Å². The molecule has 1 aromatic carbocycles. The lowest BCUT2D eigenvalue weighted by Crippen LogP contribution is -2.67. The third-order valence-electron chi connectivity index (χ3n) is 3.16. The minimum Gasteiger partial charge on any atom is -0.399 e. The quantitative estimate of drug-likeness (QED) is 0.268. The van der Waals surface area contributed by atoms with E-state index in [4.69, 9.17) is 34.4 Å². The molecular weight excluding hydrogens is 228 g/mol.